The molecule has 0 bridgehead atoms. The van der Waals surface area contributed by atoms with Crippen LogP contribution < -0.4 is 10.6 Å². The summed E-state index contributed by atoms with van der Waals surface area (Å²) < 4.78 is 7.72. The van der Waals surface area contributed by atoms with Crippen LogP contribution in [0.25, 0.3) is 11.2 Å². The summed E-state index contributed by atoms with van der Waals surface area (Å²) in [6.45, 7) is 8.16. The van der Waals surface area contributed by atoms with Gasteiger partial charge in [0.2, 0.25) is 5.91 Å². The van der Waals surface area contributed by atoms with Crippen molar-refractivity contribution in [3.05, 3.63) is 18.5 Å². The zero-order valence-electron chi connectivity index (χ0n) is 19.9. The minimum atomic E-state index is -1.11. The van der Waals surface area contributed by atoms with Crippen LogP contribution in [-0.2, 0) is 16.3 Å². The molecule has 2 aromatic heterocycles. The topological polar surface area (TPSA) is 101 Å². The largest absolute Gasteiger partial charge is 0.361 e. The van der Waals surface area contributed by atoms with Crippen molar-refractivity contribution in [2.75, 3.05) is 26.0 Å². The molecule has 1 aliphatic carbocycles. The third-order valence-electron chi connectivity index (χ3n) is 5.73. The van der Waals surface area contributed by atoms with Gasteiger partial charge in [0.25, 0.3) is 0 Å². The Morgan fingerprint density at radius 1 is 1.28 bits per heavy atom. The Morgan fingerprint density at radius 3 is 2.78 bits per heavy atom. The highest BCUT2D eigenvalue weighted by Gasteiger charge is 2.29. The normalized spacial score (nSPS) is 19.0. The Hall–Kier alpha value is -2.46. The summed E-state index contributed by atoms with van der Waals surface area (Å²) in [6, 6.07) is 2.64. The quantitative estimate of drug-likeness (QED) is 0.464. The molecule has 176 valence electrons. The fraction of sp³-hybridized carbons (Fsp3) is 0.636. The smallest absolute Gasteiger partial charge is 0.320 e. The Morgan fingerprint density at radius 2 is 2.06 bits per heavy atom. The van der Waals surface area contributed by atoms with Gasteiger partial charge in [0, 0.05) is 46.9 Å². The van der Waals surface area contributed by atoms with Crippen LogP contribution in [0.1, 0.15) is 25.7 Å². The van der Waals surface area contributed by atoms with Gasteiger partial charge in [0.15, 0.2) is 11.5 Å². The summed E-state index contributed by atoms with van der Waals surface area (Å²) in [7, 11) is 2.43. The Balaban J connectivity index is 1.52. The molecule has 0 radical (unpaired) electrons. The average molecular weight is 461 g/mol. The molecule has 2 aromatic rings. The van der Waals surface area contributed by atoms with E-state index in [0.717, 1.165) is 37.6 Å². The van der Waals surface area contributed by atoms with E-state index in [9.17, 15) is 9.59 Å². The molecule has 32 heavy (non-hydrogen) atoms. The molecule has 10 heteroatoms. The fourth-order valence-corrected chi connectivity index (χ4v) is 4.67. The van der Waals surface area contributed by atoms with Crippen molar-refractivity contribution in [3.63, 3.8) is 0 Å². The predicted molar refractivity (Wildman–Crippen MR) is 128 cm³/mol. The number of rotatable bonds is 8. The predicted octanol–water partition coefficient (Wildman–Crippen LogP) is 3.51. The molecule has 2 N–H and O–H groups in total. The van der Waals surface area contributed by atoms with Crippen molar-refractivity contribution in [2.24, 2.45) is 5.92 Å². The van der Waals surface area contributed by atoms with Crippen LogP contribution >= 0.6 is 0 Å². The van der Waals surface area contributed by atoms with E-state index in [0.29, 0.717) is 24.5 Å². The minimum Gasteiger partial charge on any atom is -0.361 e. The Labute approximate surface area is 190 Å². The monoisotopic (exact) mass is 460 g/mol. The number of carbonyl (C=O) groups is 2. The molecule has 2 unspecified atom stereocenters. The SMILES string of the molecule is CN(C)C(=O)C1CCCC(NC(=O)Nc2cnc3c(ccn3COCC[Si](C)(C)C)n2)C1. The van der Waals surface area contributed by atoms with Crippen LogP contribution in [0.4, 0.5) is 10.6 Å². The molecule has 3 amide bonds. The van der Waals surface area contributed by atoms with Crippen molar-refractivity contribution < 1.29 is 14.3 Å². The lowest BCUT2D eigenvalue weighted by Crippen LogP contribution is -2.43. The van der Waals surface area contributed by atoms with E-state index < -0.39 is 8.07 Å². The van der Waals surface area contributed by atoms with E-state index >= 15 is 0 Å². The molecule has 9 nitrogen and oxygen atoms in total. The van der Waals surface area contributed by atoms with Gasteiger partial charge < -0.3 is 19.5 Å². The van der Waals surface area contributed by atoms with E-state index in [2.05, 4.69) is 40.2 Å². The zero-order valence-corrected chi connectivity index (χ0v) is 20.9. The van der Waals surface area contributed by atoms with Crippen LogP contribution in [0.2, 0.25) is 25.7 Å². The van der Waals surface area contributed by atoms with Crippen LogP contribution in [0.3, 0.4) is 0 Å². The van der Waals surface area contributed by atoms with E-state index in [1.165, 1.54) is 0 Å². The Bertz CT molecular complexity index is 939. The number of nitrogens with one attached hydrogen (secondary N) is 2. The van der Waals surface area contributed by atoms with Gasteiger partial charge in [-0.25, -0.2) is 14.8 Å². The lowest BCUT2D eigenvalue weighted by Gasteiger charge is -2.30. The van der Waals surface area contributed by atoms with Crippen molar-refractivity contribution in [1.29, 1.82) is 0 Å². The maximum Gasteiger partial charge on any atom is 0.320 e. The number of hydrogen-bond acceptors (Lipinski definition) is 5. The average Bonchev–Trinajstić information content (AvgIpc) is 3.12. The molecule has 0 spiro atoms. The van der Waals surface area contributed by atoms with Gasteiger partial charge in [0.1, 0.15) is 12.2 Å². The number of aromatic nitrogens is 3. The molecule has 1 saturated carbocycles. The van der Waals surface area contributed by atoms with E-state index in [1.54, 1.807) is 25.2 Å². The summed E-state index contributed by atoms with van der Waals surface area (Å²) in [4.78, 5) is 35.3. The lowest BCUT2D eigenvalue weighted by molar-refractivity contribution is -0.134. The van der Waals surface area contributed by atoms with Crippen LogP contribution in [0.15, 0.2) is 18.5 Å². The van der Waals surface area contributed by atoms with Gasteiger partial charge in [-0.1, -0.05) is 26.1 Å². The van der Waals surface area contributed by atoms with Gasteiger partial charge in [-0.3, -0.25) is 10.1 Å². The molecule has 1 aliphatic rings. The highest BCUT2D eigenvalue weighted by molar-refractivity contribution is 6.76. The first-order valence-electron chi connectivity index (χ1n) is 11.3. The number of anilines is 1. The summed E-state index contributed by atoms with van der Waals surface area (Å²) >= 11 is 0. The van der Waals surface area contributed by atoms with Crippen LogP contribution in [0.5, 0.6) is 0 Å². The Kier molecular flexibility index (Phi) is 7.89. The van der Waals surface area contributed by atoms with Crippen molar-refractivity contribution in [3.8, 4) is 0 Å². The van der Waals surface area contributed by atoms with Gasteiger partial charge in [-0.2, -0.15) is 0 Å². The van der Waals surface area contributed by atoms with E-state index in [-0.39, 0.29) is 23.9 Å². The number of carbonyl (C=O) groups excluding carboxylic acids is 2. The number of urea groups is 1. The van der Waals surface area contributed by atoms with Crippen LogP contribution in [-0.4, -0.2) is 66.2 Å². The van der Waals surface area contributed by atoms with Gasteiger partial charge in [-0.15, -0.1) is 0 Å². The number of hydrogen-bond donors (Lipinski definition) is 2. The molecular formula is C22H36N6O3Si. The highest BCUT2D eigenvalue weighted by atomic mass is 28.3. The second-order valence-electron chi connectivity index (χ2n) is 9.99. The minimum absolute atomic E-state index is 0.0243. The standard InChI is InChI=1S/C22H36N6O3Si/c1-27(2)21(29)16-7-6-8-17(13-16)24-22(30)26-19-14-23-20-18(25-19)9-10-28(20)15-31-11-12-32(3,4)5/h9-10,14,16-17H,6-8,11-13,15H2,1-5H3,(H2,24,25,26,30). The maximum atomic E-state index is 12.5. The molecule has 1 fully saturated rings. The first-order chi connectivity index (χ1) is 15.1. The van der Waals surface area contributed by atoms with Crippen molar-refractivity contribution in [2.45, 2.75) is 64.1 Å². The molecule has 0 aromatic carbocycles. The number of ether oxygens (including phenoxy) is 1. The maximum absolute atomic E-state index is 12.5. The van der Waals surface area contributed by atoms with Gasteiger partial charge in [0.05, 0.1) is 6.20 Å². The lowest BCUT2D eigenvalue weighted by atomic mass is 9.85. The highest BCUT2D eigenvalue weighted by Crippen LogP contribution is 2.25. The van der Waals surface area contributed by atoms with Crippen molar-refractivity contribution in [1.82, 2.24) is 24.8 Å². The molecule has 0 saturated heterocycles. The zero-order chi connectivity index (χ0) is 23.3. The van der Waals surface area contributed by atoms with Gasteiger partial charge >= 0.3 is 6.03 Å². The van der Waals surface area contributed by atoms with Gasteiger partial charge in [-0.05, 0) is 31.4 Å². The summed E-state index contributed by atoms with van der Waals surface area (Å²) in [5.74, 6) is 0.485. The fourth-order valence-electron chi connectivity index (χ4n) is 3.92. The molecule has 0 aliphatic heterocycles. The second kappa shape index (κ2) is 10.4. The second-order valence-corrected chi connectivity index (χ2v) is 15.6. The third-order valence-corrected chi connectivity index (χ3v) is 7.44. The molecular weight excluding hydrogens is 424 g/mol. The first-order valence-corrected chi connectivity index (χ1v) is 15.0. The summed E-state index contributed by atoms with van der Waals surface area (Å²) in [5, 5.41) is 5.75. The summed E-state index contributed by atoms with van der Waals surface area (Å²) in [5.41, 5.74) is 1.42. The van der Waals surface area contributed by atoms with Crippen molar-refractivity contribution >= 4 is 37.0 Å². The number of nitrogens with zero attached hydrogens (tertiary/aromatic N) is 4. The molecule has 3 rings (SSSR count). The number of amides is 3. The third kappa shape index (κ3) is 6.77. The number of fused-ring (bicyclic) bond motifs is 1. The summed E-state index contributed by atoms with van der Waals surface area (Å²) in [6.07, 6.45) is 6.78. The van der Waals surface area contributed by atoms with Crippen LogP contribution in [0, 0.1) is 5.92 Å². The molecule has 2 atom stereocenters. The van der Waals surface area contributed by atoms with E-state index in [4.69, 9.17) is 4.74 Å². The molecule has 2 heterocycles. The first kappa shape index (κ1) is 24.2. The van der Waals surface area contributed by atoms with E-state index in [1.807, 2.05) is 16.8 Å².